The molecule has 3 aromatic rings. The van der Waals surface area contributed by atoms with E-state index in [1.54, 1.807) is 55.6 Å². The molecule has 0 aliphatic carbocycles. The summed E-state index contributed by atoms with van der Waals surface area (Å²) < 4.78 is 18.5. The standard InChI is InChI=1S/C23H20FNO3/c1-25(15-17-7-11-20(24)12-8-17)22(26)16-28-21-13-9-19(10-14-21)23(27)18-5-3-2-4-6-18/h2-14H,15-16H2,1H3. The van der Waals surface area contributed by atoms with Gasteiger partial charge in [0.25, 0.3) is 5.91 Å². The smallest absolute Gasteiger partial charge is 0.260 e. The van der Waals surface area contributed by atoms with Crippen molar-refractivity contribution in [3.8, 4) is 5.75 Å². The van der Waals surface area contributed by atoms with Gasteiger partial charge in [0.05, 0.1) is 0 Å². The van der Waals surface area contributed by atoms with Crippen LogP contribution in [0.4, 0.5) is 4.39 Å². The Kier molecular flexibility index (Phi) is 6.17. The quantitative estimate of drug-likeness (QED) is 0.583. The van der Waals surface area contributed by atoms with Crippen LogP contribution in [0.15, 0.2) is 78.9 Å². The molecular formula is C23H20FNO3. The normalized spacial score (nSPS) is 10.4. The molecule has 0 aliphatic heterocycles. The van der Waals surface area contributed by atoms with E-state index in [-0.39, 0.29) is 24.1 Å². The van der Waals surface area contributed by atoms with Crippen LogP contribution in [0.2, 0.25) is 0 Å². The highest BCUT2D eigenvalue weighted by molar-refractivity contribution is 6.08. The van der Waals surface area contributed by atoms with Crippen molar-refractivity contribution < 1.29 is 18.7 Å². The van der Waals surface area contributed by atoms with Crippen LogP contribution in [0.5, 0.6) is 5.75 Å². The molecule has 1 amide bonds. The Morgan fingerprint density at radius 2 is 1.46 bits per heavy atom. The Morgan fingerprint density at radius 1 is 0.857 bits per heavy atom. The van der Waals surface area contributed by atoms with Crippen molar-refractivity contribution in [2.45, 2.75) is 6.54 Å². The summed E-state index contributed by atoms with van der Waals surface area (Å²) in [7, 11) is 1.66. The molecular weight excluding hydrogens is 357 g/mol. The van der Waals surface area contributed by atoms with Crippen molar-refractivity contribution in [1.82, 2.24) is 4.90 Å². The highest BCUT2D eigenvalue weighted by Crippen LogP contribution is 2.16. The maximum Gasteiger partial charge on any atom is 0.260 e. The molecule has 3 aromatic carbocycles. The van der Waals surface area contributed by atoms with E-state index in [0.717, 1.165) is 5.56 Å². The maximum atomic E-state index is 12.9. The molecule has 0 heterocycles. The largest absolute Gasteiger partial charge is 0.484 e. The lowest BCUT2D eigenvalue weighted by Gasteiger charge is -2.17. The summed E-state index contributed by atoms with van der Waals surface area (Å²) in [6.45, 7) is 0.247. The number of carbonyl (C=O) groups is 2. The fourth-order valence-corrected chi connectivity index (χ4v) is 2.67. The van der Waals surface area contributed by atoms with Gasteiger partial charge in [0, 0.05) is 24.7 Å². The molecule has 0 fully saturated rings. The van der Waals surface area contributed by atoms with Crippen LogP contribution < -0.4 is 4.74 Å². The SMILES string of the molecule is CN(Cc1ccc(F)cc1)C(=O)COc1ccc(C(=O)c2ccccc2)cc1. The number of rotatable bonds is 7. The van der Waals surface area contributed by atoms with Crippen molar-refractivity contribution in [3.05, 3.63) is 101 Å². The minimum atomic E-state index is -0.310. The average molecular weight is 377 g/mol. The fraction of sp³-hybridized carbons (Fsp3) is 0.130. The third kappa shape index (κ3) is 5.04. The van der Waals surface area contributed by atoms with E-state index >= 15 is 0 Å². The third-order valence-corrected chi connectivity index (χ3v) is 4.27. The molecule has 0 bridgehead atoms. The number of halogens is 1. The predicted octanol–water partition coefficient (Wildman–Crippen LogP) is 4.09. The summed E-state index contributed by atoms with van der Waals surface area (Å²) in [5.74, 6) is -0.0700. The minimum absolute atomic E-state index is 0.0674. The highest BCUT2D eigenvalue weighted by atomic mass is 19.1. The molecule has 0 unspecified atom stereocenters. The second kappa shape index (κ2) is 8.95. The molecule has 0 spiro atoms. The van der Waals surface area contributed by atoms with Crippen molar-refractivity contribution in [1.29, 1.82) is 0 Å². The van der Waals surface area contributed by atoms with Crippen LogP contribution in [0.3, 0.4) is 0 Å². The lowest BCUT2D eigenvalue weighted by molar-refractivity contribution is -0.132. The fourth-order valence-electron chi connectivity index (χ4n) is 2.67. The summed E-state index contributed by atoms with van der Waals surface area (Å²) in [5.41, 5.74) is 2.01. The molecule has 0 N–H and O–H groups in total. The zero-order chi connectivity index (χ0) is 19.9. The lowest BCUT2D eigenvalue weighted by atomic mass is 10.0. The number of benzene rings is 3. The number of hydrogen-bond acceptors (Lipinski definition) is 3. The van der Waals surface area contributed by atoms with Gasteiger partial charge in [0.2, 0.25) is 0 Å². The van der Waals surface area contributed by atoms with Gasteiger partial charge in [-0.15, -0.1) is 0 Å². The van der Waals surface area contributed by atoms with E-state index in [1.807, 2.05) is 18.2 Å². The van der Waals surface area contributed by atoms with Crippen molar-refractivity contribution in [2.75, 3.05) is 13.7 Å². The molecule has 5 heteroatoms. The van der Waals surface area contributed by atoms with Crippen LogP contribution in [-0.4, -0.2) is 30.2 Å². The molecule has 0 aliphatic rings. The second-order valence-electron chi connectivity index (χ2n) is 6.38. The number of likely N-dealkylation sites (N-methyl/N-ethyl adjacent to an activating group) is 1. The van der Waals surface area contributed by atoms with E-state index < -0.39 is 0 Å². The first-order valence-corrected chi connectivity index (χ1v) is 8.84. The predicted molar refractivity (Wildman–Crippen MR) is 105 cm³/mol. The zero-order valence-corrected chi connectivity index (χ0v) is 15.5. The third-order valence-electron chi connectivity index (χ3n) is 4.27. The van der Waals surface area contributed by atoms with E-state index in [9.17, 15) is 14.0 Å². The van der Waals surface area contributed by atoms with Gasteiger partial charge in [-0.1, -0.05) is 42.5 Å². The molecule has 4 nitrogen and oxygen atoms in total. The Labute approximate surface area is 163 Å². The summed E-state index contributed by atoms with van der Waals surface area (Å²) in [4.78, 5) is 26.1. The number of nitrogens with zero attached hydrogens (tertiary/aromatic N) is 1. The van der Waals surface area contributed by atoms with Gasteiger partial charge in [-0.3, -0.25) is 9.59 Å². The van der Waals surface area contributed by atoms with Crippen LogP contribution in [-0.2, 0) is 11.3 Å². The van der Waals surface area contributed by atoms with Gasteiger partial charge in [-0.05, 0) is 42.0 Å². The van der Waals surface area contributed by atoms with Crippen LogP contribution in [0, 0.1) is 5.82 Å². The first-order valence-electron chi connectivity index (χ1n) is 8.84. The second-order valence-corrected chi connectivity index (χ2v) is 6.38. The van der Waals surface area contributed by atoms with E-state index in [0.29, 0.717) is 23.4 Å². The monoisotopic (exact) mass is 377 g/mol. The van der Waals surface area contributed by atoms with E-state index in [4.69, 9.17) is 4.74 Å². The molecule has 3 rings (SSSR count). The van der Waals surface area contributed by atoms with Gasteiger partial charge in [-0.25, -0.2) is 4.39 Å². The van der Waals surface area contributed by atoms with Gasteiger partial charge in [-0.2, -0.15) is 0 Å². The van der Waals surface area contributed by atoms with Crippen molar-refractivity contribution in [3.63, 3.8) is 0 Å². The Hall–Kier alpha value is -3.47. The summed E-state index contributed by atoms with van der Waals surface area (Å²) in [6.07, 6.45) is 0. The van der Waals surface area contributed by atoms with Crippen LogP contribution in [0.1, 0.15) is 21.5 Å². The molecule has 0 aromatic heterocycles. The Balaban J connectivity index is 1.53. The van der Waals surface area contributed by atoms with Crippen molar-refractivity contribution in [2.24, 2.45) is 0 Å². The summed E-state index contributed by atoms with van der Waals surface area (Å²) in [6, 6.07) is 21.7. The van der Waals surface area contributed by atoms with Crippen LogP contribution >= 0.6 is 0 Å². The molecule has 28 heavy (non-hydrogen) atoms. The van der Waals surface area contributed by atoms with E-state index in [1.165, 1.54) is 17.0 Å². The average Bonchev–Trinajstić information content (AvgIpc) is 2.74. The van der Waals surface area contributed by atoms with Gasteiger partial charge in [0.15, 0.2) is 12.4 Å². The number of carbonyl (C=O) groups excluding carboxylic acids is 2. The number of ether oxygens (including phenoxy) is 1. The van der Waals surface area contributed by atoms with Gasteiger partial charge in [0.1, 0.15) is 11.6 Å². The van der Waals surface area contributed by atoms with Crippen LogP contribution in [0.25, 0.3) is 0 Å². The minimum Gasteiger partial charge on any atom is -0.484 e. The number of hydrogen-bond donors (Lipinski definition) is 0. The summed E-state index contributed by atoms with van der Waals surface area (Å²) in [5, 5.41) is 0. The molecule has 0 atom stereocenters. The molecule has 0 saturated carbocycles. The number of ketones is 1. The Morgan fingerprint density at radius 3 is 2.11 bits per heavy atom. The first-order chi connectivity index (χ1) is 13.5. The van der Waals surface area contributed by atoms with Gasteiger partial charge >= 0.3 is 0 Å². The lowest BCUT2D eigenvalue weighted by Crippen LogP contribution is -2.30. The highest BCUT2D eigenvalue weighted by Gasteiger charge is 2.12. The summed E-state index contributed by atoms with van der Waals surface area (Å²) >= 11 is 0. The first kappa shape index (κ1) is 19.3. The topological polar surface area (TPSA) is 46.6 Å². The maximum absolute atomic E-state index is 12.9. The van der Waals surface area contributed by atoms with Crippen molar-refractivity contribution >= 4 is 11.7 Å². The molecule has 0 radical (unpaired) electrons. The molecule has 142 valence electrons. The molecule has 0 saturated heterocycles. The zero-order valence-electron chi connectivity index (χ0n) is 15.5. The number of amides is 1. The van der Waals surface area contributed by atoms with Gasteiger partial charge < -0.3 is 9.64 Å². The Bertz CT molecular complexity index is 938. The van der Waals surface area contributed by atoms with E-state index in [2.05, 4.69) is 0 Å².